The van der Waals surface area contributed by atoms with Crippen LogP contribution < -0.4 is 27.4 Å². The van der Waals surface area contributed by atoms with E-state index >= 15 is 0 Å². The number of hydrogen-bond donors (Lipinski definition) is 5. The van der Waals surface area contributed by atoms with Crippen LogP contribution in [0.25, 0.3) is 11.1 Å². The number of rotatable bonds is 19. The number of hydrogen-bond acceptors (Lipinski definition) is 9. The number of ether oxygens (including phenoxy) is 1. The third-order valence-electron chi connectivity index (χ3n) is 7.19. The Bertz CT molecular complexity index is 1350. The first-order valence-electron chi connectivity index (χ1n) is 15.6. The molecule has 0 aliphatic rings. The molecule has 0 aliphatic carbocycles. The summed E-state index contributed by atoms with van der Waals surface area (Å²) in [4.78, 5) is 57.6. The average molecular weight is 623 g/mol. The number of alkyl carbamates (subject to hydrolysis) is 1. The molecule has 3 rings (SSSR count). The number of nitrogens with two attached hydrogens (primary N) is 2. The summed E-state index contributed by atoms with van der Waals surface area (Å²) in [6.45, 7) is 4.77. The number of para-hydroxylation sites is 2. The van der Waals surface area contributed by atoms with Crippen LogP contribution in [0.2, 0.25) is 0 Å². The highest BCUT2D eigenvalue weighted by molar-refractivity contribution is 6.01. The maximum atomic E-state index is 13.6. The first-order chi connectivity index (χ1) is 21.7. The van der Waals surface area contributed by atoms with E-state index in [4.69, 9.17) is 20.6 Å². The molecule has 0 spiro atoms. The Morgan fingerprint density at radius 3 is 2.02 bits per heavy atom. The number of carbonyl (C=O) groups is 4. The number of aromatic nitrogens is 1. The highest BCUT2D eigenvalue weighted by Crippen LogP contribution is 2.18. The molecule has 0 aliphatic heterocycles. The lowest BCUT2D eigenvalue weighted by molar-refractivity contribution is -0.130. The van der Waals surface area contributed by atoms with Crippen molar-refractivity contribution in [2.45, 2.75) is 83.5 Å². The van der Waals surface area contributed by atoms with E-state index < -0.39 is 41.8 Å². The van der Waals surface area contributed by atoms with Crippen molar-refractivity contribution in [1.29, 1.82) is 0 Å². The molecule has 0 fully saturated rings. The number of fused-ring (bicyclic) bond motifs is 1. The number of benzene rings is 2. The third kappa shape index (κ3) is 11.6. The third-order valence-corrected chi connectivity index (χ3v) is 7.19. The fourth-order valence-corrected chi connectivity index (χ4v) is 4.80. The largest absolute Gasteiger partial charge is 0.445 e. The Labute approximate surface area is 264 Å². The van der Waals surface area contributed by atoms with Gasteiger partial charge in [-0.3, -0.25) is 14.4 Å². The number of carbonyl (C=O) groups excluding carboxylic acids is 4. The van der Waals surface area contributed by atoms with Crippen molar-refractivity contribution in [2.75, 3.05) is 13.1 Å². The van der Waals surface area contributed by atoms with Crippen LogP contribution in [0, 0.1) is 5.92 Å². The van der Waals surface area contributed by atoms with Gasteiger partial charge in [-0.05, 0) is 81.6 Å². The molecule has 12 nitrogen and oxygen atoms in total. The van der Waals surface area contributed by atoms with E-state index in [9.17, 15) is 19.2 Å². The molecule has 1 heterocycles. The van der Waals surface area contributed by atoms with Crippen LogP contribution in [-0.4, -0.2) is 59.9 Å². The van der Waals surface area contributed by atoms with Gasteiger partial charge in [0.2, 0.25) is 17.6 Å². The van der Waals surface area contributed by atoms with Gasteiger partial charge < -0.3 is 36.6 Å². The number of Topliss-reactive ketones (excluding diaryl/α,β-unsaturated/α-hetero) is 1. The van der Waals surface area contributed by atoms with Gasteiger partial charge in [0.15, 0.2) is 5.58 Å². The molecule has 3 atom stereocenters. The molecule has 0 saturated heterocycles. The minimum atomic E-state index is -0.968. The standard InChI is InChI=1S/C33H46N6O6/c1-22(2)20-27(37-30(41)26(16-9-11-19-35)39-33(43)44-21-23-12-4-3-5-13-23)31(42)36-25(15-8-10-18-34)29(40)32-38-24-14-6-7-17-28(24)45-32/h3-7,12-14,17,22,25-27H,8-11,15-16,18-21,34-35H2,1-2H3,(H,36,42)(H,37,41)(H,39,43)/t25-,26-,27-/m0/s1. The zero-order valence-corrected chi connectivity index (χ0v) is 26.1. The predicted octanol–water partition coefficient (Wildman–Crippen LogP) is 3.58. The average Bonchev–Trinajstić information content (AvgIpc) is 3.47. The summed E-state index contributed by atoms with van der Waals surface area (Å²) in [7, 11) is 0. The lowest BCUT2D eigenvalue weighted by atomic mass is 10.00. The molecule has 45 heavy (non-hydrogen) atoms. The van der Waals surface area contributed by atoms with E-state index in [1.54, 1.807) is 24.3 Å². The maximum absolute atomic E-state index is 13.6. The molecule has 1 aromatic heterocycles. The Morgan fingerprint density at radius 1 is 0.778 bits per heavy atom. The zero-order valence-electron chi connectivity index (χ0n) is 26.1. The van der Waals surface area contributed by atoms with Gasteiger partial charge in [-0.1, -0.05) is 56.3 Å². The van der Waals surface area contributed by atoms with Gasteiger partial charge in [-0.25, -0.2) is 9.78 Å². The highest BCUT2D eigenvalue weighted by atomic mass is 16.5. The molecule has 0 unspecified atom stereocenters. The van der Waals surface area contributed by atoms with Crippen molar-refractivity contribution in [2.24, 2.45) is 17.4 Å². The van der Waals surface area contributed by atoms with Gasteiger partial charge in [-0.2, -0.15) is 0 Å². The highest BCUT2D eigenvalue weighted by Gasteiger charge is 2.32. The van der Waals surface area contributed by atoms with Crippen molar-refractivity contribution < 1.29 is 28.3 Å². The van der Waals surface area contributed by atoms with E-state index in [-0.39, 0.29) is 18.4 Å². The Balaban J connectivity index is 1.72. The van der Waals surface area contributed by atoms with Crippen LogP contribution in [0.3, 0.4) is 0 Å². The van der Waals surface area contributed by atoms with Crippen molar-refractivity contribution >= 4 is 34.8 Å². The summed E-state index contributed by atoms with van der Waals surface area (Å²) >= 11 is 0. The molecule has 2 aromatic carbocycles. The van der Waals surface area contributed by atoms with Gasteiger partial charge in [0.1, 0.15) is 24.2 Å². The lowest BCUT2D eigenvalue weighted by Gasteiger charge is -2.26. The fraction of sp³-hybridized carbons (Fsp3) is 0.485. The van der Waals surface area contributed by atoms with Gasteiger partial charge >= 0.3 is 6.09 Å². The van der Waals surface area contributed by atoms with Crippen LogP contribution in [-0.2, 0) is 20.9 Å². The number of ketones is 1. The maximum Gasteiger partial charge on any atom is 0.408 e. The first kappa shape index (κ1) is 35.2. The lowest BCUT2D eigenvalue weighted by Crippen LogP contribution is -2.56. The molecule has 3 aromatic rings. The fourth-order valence-electron chi connectivity index (χ4n) is 4.80. The molecule has 12 heteroatoms. The summed E-state index contributed by atoms with van der Waals surface area (Å²) in [5.41, 5.74) is 13.1. The second-order valence-corrected chi connectivity index (χ2v) is 11.4. The molecular formula is C33H46N6O6. The van der Waals surface area contributed by atoms with E-state index in [0.717, 1.165) is 5.56 Å². The van der Waals surface area contributed by atoms with E-state index in [0.29, 0.717) is 69.1 Å². The number of nitrogens with one attached hydrogen (secondary N) is 3. The Kier molecular flexibility index (Phi) is 14.5. The van der Waals surface area contributed by atoms with Crippen LogP contribution >= 0.6 is 0 Å². The van der Waals surface area contributed by atoms with Gasteiger partial charge in [0.25, 0.3) is 5.89 Å². The van der Waals surface area contributed by atoms with Crippen LogP contribution in [0.5, 0.6) is 0 Å². The summed E-state index contributed by atoms with van der Waals surface area (Å²) in [5, 5.41) is 8.27. The summed E-state index contributed by atoms with van der Waals surface area (Å²) in [6.07, 6.45) is 2.66. The summed E-state index contributed by atoms with van der Waals surface area (Å²) < 4.78 is 11.0. The Morgan fingerprint density at radius 2 is 1.38 bits per heavy atom. The van der Waals surface area contributed by atoms with Crippen molar-refractivity contribution in [3.8, 4) is 0 Å². The molecule has 0 saturated carbocycles. The van der Waals surface area contributed by atoms with Crippen LogP contribution in [0.15, 0.2) is 59.0 Å². The topological polar surface area (TPSA) is 192 Å². The van der Waals surface area contributed by atoms with E-state index in [1.165, 1.54) is 0 Å². The molecule has 7 N–H and O–H groups in total. The minimum absolute atomic E-state index is 0.0315. The van der Waals surface area contributed by atoms with Crippen LogP contribution in [0.1, 0.15) is 75.0 Å². The quantitative estimate of drug-likeness (QED) is 0.0982. The normalized spacial score (nSPS) is 13.2. The molecular weight excluding hydrogens is 576 g/mol. The van der Waals surface area contributed by atoms with Crippen LogP contribution in [0.4, 0.5) is 4.79 Å². The SMILES string of the molecule is CC(C)C[C@H](NC(=O)[C@H](CCCCN)NC(=O)OCc1ccccc1)C(=O)N[C@@H](CCCCN)C(=O)c1nc2ccccc2o1. The van der Waals surface area contributed by atoms with Gasteiger partial charge in [0, 0.05) is 0 Å². The van der Waals surface area contributed by atoms with E-state index in [1.807, 2.05) is 44.2 Å². The molecule has 3 amide bonds. The summed E-state index contributed by atoms with van der Waals surface area (Å²) in [6, 6.07) is 13.3. The second kappa shape index (κ2) is 18.5. The number of nitrogens with zero attached hydrogens (tertiary/aromatic N) is 1. The van der Waals surface area contributed by atoms with Crippen molar-refractivity contribution in [1.82, 2.24) is 20.9 Å². The number of oxazole rings is 1. The molecule has 244 valence electrons. The number of unbranched alkanes of at least 4 members (excludes halogenated alkanes) is 2. The minimum Gasteiger partial charge on any atom is -0.445 e. The summed E-state index contributed by atoms with van der Waals surface area (Å²) in [5.74, 6) is -1.59. The van der Waals surface area contributed by atoms with E-state index in [2.05, 4.69) is 20.9 Å². The van der Waals surface area contributed by atoms with Gasteiger partial charge in [-0.15, -0.1) is 0 Å². The first-order valence-corrected chi connectivity index (χ1v) is 15.6. The predicted molar refractivity (Wildman–Crippen MR) is 171 cm³/mol. The van der Waals surface area contributed by atoms with Crippen molar-refractivity contribution in [3.05, 3.63) is 66.1 Å². The Hall–Kier alpha value is -4.29. The molecule has 0 bridgehead atoms. The zero-order chi connectivity index (χ0) is 32.6. The number of amides is 3. The smallest absolute Gasteiger partial charge is 0.408 e. The van der Waals surface area contributed by atoms with Gasteiger partial charge in [0.05, 0.1) is 6.04 Å². The molecule has 0 radical (unpaired) electrons. The second-order valence-electron chi connectivity index (χ2n) is 11.4. The monoisotopic (exact) mass is 622 g/mol. The van der Waals surface area contributed by atoms with Crippen molar-refractivity contribution in [3.63, 3.8) is 0 Å².